The number of aromatic nitrogens is 1. The Morgan fingerprint density at radius 2 is 1.77 bits per heavy atom. The summed E-state index contributed by atoms with van der Waals surface area (Å²) in [7, 11) is 1.55. The maximum absolute atomic E-state index is 13.4. The molecule has 0 spiro atoms. The Morgan fingerprint density at radius 3 is 2.43 bits per heavy atom. The summed E-state index contributed by atoms with van der Waals surface area (Å²) in [5, 5.41) is 11.7. The molecule has 1 aliphatic rings. The number of amides is 1. The highest BCUT2D eigenvalue weighted by Gasteiger charge is 2.48. The summed E-state index contributed by atoms with van der Waals surface area (Å²) in [5.74, 6) is -1.05. The van der Waals surface area contributed by atoms with E-state index in [1.54, 1.807) is 31.4 Å². The van der Waals surface area contributed by atoms with E-state index in [4.69, 9.17) is 4.74 Å². The lowest BCUT2D eigenvalue weighted by molar-refractivity contribution is -0.132. The number of ketones is 1. The van der Waals surface area contributed by atoms with Gasteiger partial charge in [-0.2, -0.15) is 0 Å². The summed E-state index contributed by atoms with van der Waals surface area (Å²) in [5.41, 5.74) is 4.17. The van der Waals surface area contributed by atoms with Crippen LogP contribution in [0.5, 0.6) is 5.75 Å². The fourth-order valence-corrected chi connectivity index (χ4v) is 5.33. The number of aliphatic hydroxyl groups excluding tert-OH is 1. The van der Waals surface area contributed by atoms with Crippen LogP contribution in [-0.2, 0) is 16.0 Å². The van der Waals surface area contributed by atoms with E-state index in [2.05, 4.69) is 18.0 Å². The van der Waals surface area contributed by atoms with Crippen molar-refractivity contribution >= 4 is 44.1 Å². The number of benzene rings is 3. The molecule has 1 saturated heterocycles. The SMILES string of the molecule is CCc1ccc2nc(N3C(=O)C(=O)/C(=C(/O)c4ccc(OC)cc4)[C@@H]3c3ccc(C)cc3)sc2c1. The molecular weight excluding hydrogens is 460 g/mol. The first-order valence-corrected chi connectivity index (χ1v) is 12.1. The molecule has 4 aromatic rings. The number of ether oxygens (including phenoxy) is 1. The van der Waals surface area contributed by atoms with Crippen molar-refractivity contribution in [3.05, 3.63) is 94.6 Å². The number of fused-ring (bicyclic) bond motifs is 1. The molecule has 176 valence electrons. The standard InChI is InChI=1S/C28H24N2O4S/c1-4-17-7-14-21-22(15-17)35-28(29-21)30-24(18-8-5-16(2)6-9-18)23(26(32)27(30)33)25(31)19-10-12-20(34-3)13-11-19/h5-15,24,31H,4H2,1-3H3/b25-23+/t24-/m0/s1. The molecule has 7 heteroatoms. The van der Waals surface area contributed by atoms with Crippen molar-refractivity contribution < 1.29 is 19.4 Å². The Labute approximate surface area is 207 Å². The number of carbonyl (C=O) groups is 2. The average Bonchev–Trinajstić information content (AvgIpc) is 3.41. The molecule has 35 heavy (non-hydrogen) atoms. The molecule has 1 atom stereocenters. The van der Waals surface area contributed by atoms with Crippen LogP contribution in [0.25, 0.3) is 16.0 Å². The number of rotatable bonds is 5. The summed E-state index contributed by atoms with van der Waals surface area (Å²) >= 11 is 1.37. The van der Waals surface area contributed by atoms with Gasteiger partial charge in [-0.05, 0) is 60.9 Å². The largest absolute Gasteiger partial charge is 0.507 e. The zero-order chi connectivity index (χ0) is 24.7. The number of anilines is 1. The minimum Gasteiger partial charge on any atom is -0.507 e. The molecule has 0 bridgehead atoms. The molecule has 1 fully saturated rings. The van der Waals surface area contributed by atoms with Crippen molar-refractivity contribution in [3.63, 3.8) is 0 Å². The van der Waals surface area contributed by atoms with E-state index in [9.17, 15) is 14.7 Å². The average molecular weight is 485 g/mol. The van der Waals surface area contributed by atoms with Crippen molar-refractivity contribution in [1.29, 1.82) is 0 Å². The van der Waals surface area contributed by atoms with Gasteiger partial charge in [0.15, 0.2) is 5.13 Å². The van der Waals surface area contributed by atoms with Gasteiger partial charge in [0.25, 0.3) is 5.78 Å². The minimum absolute atomic E-state index is 0.0394. The van der Waals surface area contributed by atoms with Crippen LogP contribution in [0, 0.1) is 6.92 Å². The van der Waals surface area contributed by atoms with E-state index in [0.717, 1.165) is 27.8 Å². The molecule has 1 aromatic heterocycles. The second kappa shape index (κ2) is 9.00. The Bertz CT molecular complexity index is 1470. The number of thiazole rings is 1. The van der Waals surface area contributed by atoms with Crippen molar-refractivity contribution in [2.75, 3.05) is 12.0 Å². The maximum atomic E-state index is 13.4. The highest BCUT2D eigenvalue weighted by atomic mass is 32.1. The Balaban J connectivity index is 1.69. The van der Waals surface area contributed by atoms with Crippen LogP contribution in [0.15, 0.2) is 72.3 Å². The molecular formula is C28H24N2O4S. The summed E-state index contributed by atoms with van der Waals surface area (Å²) < 4.78 is 6.14. The summed E-state index contributed by atoms with van der Waals surface area (Å²) in [6.07, 6.45) is 0.888. The highest BCUT2D eigenvalue weighted by molar-refractivity contribution is 7.22. The van der Waals surface area contributed by atoms with E-state index in [1.165, 1.54) is 21.8 Å². The maximum Gasteiger partial charge on any atom is 0.301 e. The molecule has 0 aliphatic carbocycles. The predicted molar refractivity (Wildman–Crippen MR) is 138 cm³/mol. The molecule has 5 rings (SSSR count). The predicted octanol–water partition coefficient (Wildman–Crippen LogP) is 5.80. The van der Waals surface area contributed by atoms with Gasteiger partial charge in [0.05, 0.1) is 28.9 Å². The minimum atomic E-state index is -0.802. The molecule has 0 saturated carbocycles. The van der Waals surface area contributed by atoms with Crippen LogP contribution in [-0.4, -0.2) is 28.9 Å². The molecule has 3 aromatic carbocycles. The van der Waals surface area contributed by atoms with Gasteiger partial charge >= 0.3 is 5.91 Å². The van der Waals surface area contributed by atoms with Crippen LogP contribution in [0.4, 0.5) is 5.13 Å². The van der Waals surface area contributed by atoms with E-state index < -0.39 is 17.7 Å². The van der Waals surface area contributed by atoms with E-state index >= 15 is 0 Å². The Hall–Kier alpha value is -3.97. The molecule has 0 unspecified atom stereocenters. The second-order valence-electron chi connectivity index (χ2n) is 8.46. The topological polar surface area (TPSA) is 79.7 Å². The van der Waals surface area contributed by atoms with Crippen molar-refractivity contribution in [2.45, 2.75) is 26.3 Å². The quantitative estimate of drug-likeness (QED) is 0.220. The van der Waals surface area contributed by atoms with Crippen LogP contribution in [0.1, 0.15) is 35.2 Å². The van der Waals surface area contributed by atoms with E-state index in [1.807, 2.05) is 43.3 Å². The molecule has 1 N–H and O–H groups in total. The Morgan fingerprint density at radius 1 is 1.06 bits per heavy atom. The van der Waals surface area contributed by atoms with Gasteiger partial charge in [-0.3, -0.25) is 14.5 Å². The van der Waals surface area contributed by atoms with Crippen LogP contribution < -0.4 is 9.64 Å². The van der Waals surface area contributed by atoms with Gasteiger partial charge in [0, 0.05) is 5.56 Å². The monoisotopic (exact) mass is 484 g/mol. The number of aryl methyl sites for hydroxylation is 2. The molecule has 0 radical (unpaired) electrons. The second-order valence-corrected chi connectivity index (χ2v) is 9.47. The van der Waals surface area contributed by atoms with Gasteiger partial charge < -0.3 is 9.84 Å². The smallest absolute Gasteiger partial charge is 0.301 e. The van der Waals surface area contributed by atoms with Crippen LogP contribution >= 0.6 is 11.3 Å². The first-order valence-electron chi connectivity index (χ1n) is 11.3. The Kier molecular flexibility index (Phi) is 5.86. The number of carbonyl (C=O) groups excluding carboxylic acids is 2. The van der Waals surface area contributed by atoms with Gasteiger partial charge in [-0.1, -0.05) is 54.2 Å². The van der Waals surface area contributed by atoms with E-state index in [0.29, 0.717) is 16.4 Å². The fourth-order valence-electron chi connectivity index (χ4n) is 4.28. The third-order valence-corrected chi connectivity index (χ3v) is 7.27. The lowest BCUT2D eigenvalue weighted by Gasteiger charge is -2.23. The third-order valence-electron chi connectivity index (χ3n) is 6.26. The molecule has 6 nitrogen and oxygen atoms in total. The first-order chi connectivity index (χ1) is 16.9. The molecule has 2 heterocycles. The van der Waals surface area contributed by atoms with Gasteiger partial charge in [-0.25, -0.2) is 4.98 Å². The normalized spacial score (nSPS) is 17.3. The fraction of sp³-hybridized carbons (Fsp3) is 0.179. The molecule has 1 aliphatic heterocycles. The first kappa shape index (κ1) is 22.8. The number of Topliss-reactive ketones (excluding diaryl/α,β-unsaturated/α-hetero) is 1. The number of aliphatic hydroxyl groups is 1. The third kappa shape index (κ3) is 3.98. The summed E-state index contributed by atoms with van der Waals surface area (Å²) in [4.78, 5) is 32.8. The van der Waals surface area contributed by atoms with Gasteiger partial charge in [0.1, 0.15) is 11.5 Å². The lowest BCUT2D eigenvalue weighted by atomic mass is 9.95. The highest BCUT2D eigenvalue weighted by Crippen LogP contribution is 2.44. The zero-order valence-corrected chi connectivity index (χ0v) is 20.4. The summed E-state index contributed by atoms with van der Waals surface area (Å²) in [6.45, 7) is 4.05. The number of nitrogens with zero attached hydrogens (tertiary/aromatic N) is 2. The zero-order valence-electron chi connectivity index (χ0n) is 19.6. The van der Waals surface area contributed by atoms with Gasteiger partial charge in [-0.15, -0.1) is 0 Å². The van der Waals surface area contributed by atoms with Crippen LogP contribution in [0.2, 0.25) is 0 Å². The van der Waals surface area contributed by atoms with Crippen LogP contribution in [0.3, 0.4) is 0 Å². The van der Waals surface area contributed by atoms with Crippen molar-refractivity contribution in [3.8, 4) is 5.75 Å². The van der Waals surface area contributed by atoms with Gasteiger partial charge in [0.2, 0.25) is 0 Å². The number of hydrogen-bond acceptors (Lipinski definition) is 6. The molecule has 1 amide bonds. The van der Waals surface area contributed by atoms with Crippen molar-refractivity contribution in [1.82, 2.24) is 4.98 Å². The number of hydrogen-bond donors (Lipinski definition) is 1. The van der Waals surface area contributed by atoms with E-state index in [-0.39, 0.29) is 11.3 Å². The lowest BCUT2D eigenvalue weighted by Crippen LogP contribution is -2.29. The summed E-state index contributed by atoms with van der Waals surface area (Å²) in [6, 6.07) is 19.5. The number of methoxy groups -OCH3 is 1. The van der Waals surface area contributed by atoms with Crippen molar-refractivity contribution in [2.24, 2.45) is 0 Å².